The maximum Gasteiger partial charge on any atom is 0.255 e. The molecule has 7 nitrogen and oxygen atoms in total. The third kappa shape index (κ3) is 3.67. The first-order valence-electron chi connectivity index (χ1n) is 8.18. The van der Waals surface area contributed by atoms with Crippen LogP contribution in [-0.2, 0) is 6.42 Å². The Hall–Kier alpha value is -2.57. The topological polar surface area (TPSA) is 75.1 Å². The molecule has 0 radical (unpaired) electrons. The van der Waals surface area contributed by atoms with E-state index in [1.165, 1.54) is 6.20 Å². The molecule has 1 amide bonds. The average molecular weight is 326 g/mol. The van der Waals surface area contributed by atoms with Crippen LogP contribution in [0.2, 0.25) is 0 Å². The van der Waals surface area contributed by atoms with E-state index in [-0.39, 0.29) is 5.91 Å². The first-order chi connectivity index (χ1) is 11.6. The van der Waals surface area contributed by atoms with Crippen molar-refractivity contribution in [2.45, 2.75) is 19.3 Å². The SMILES string of the molecule is CN(C)c1nccnc1C[C@@H]1CCCN(C(=O)c2ccnnc2)C1. The molecule has 1 aliphatic heterocycles. The van der Waals surface area contributed by atoms with Crippen LogP contribution in [0.3, 0.4) is 0 Å². The largest absolute Gasteiger partial charge is 0.361 e. The monoisotopic (exact) mass is 326 g/mol. The van der Waals surface area contributed by atoms with Crippen molar-refractivity contribution in [2.24, 2.45) is 5.92 Å². The molecule has 1 saturated heterocycles. The van der Waals surface area contributed by atoms with Crippen LogP contribution >= 0.6 is 0 Å². The minimum absolute atomic E-state index is 0.0292. The lowest BCUT2D eigenvalue weighted by Gasteiger charge is -2.33. The van der Waals surface area contributed by atoms with Crippen LogP contribution in [0.5, 0.6) is 0 Å². The fraction of sp³-hybridized carbons (Fsp3) is 0.471. The minimum atomic E-state index is 0.0292. The second-order valence-electron chi connectivity index (χ2n) is 6.32. The van der Waals surface area contributed by atoms with Crippen molar-refractivity contribution in [1.29, 1.82) is 0 Å². The molecule has 1 atom stereocenters. The summed E-state index contributed by atoms with van der Waals surface area (Å²) in [6, 6.07) is 1.71. The molecule has 24 heavy (non-hydrogen) atoms. The number of hydrogen-bond acceptors (Lipinski definition) is 6. The summed E-state index contributed by atoms with van der Waals surface area (Å²) in [6.45, 7) is 1.53. The molecule has 2 aromatic rings. The Morgan fingerprint density at radius 3 is 2.83 bits per heavy atom. The third-order valence-electron chi connectivity index (χ3n) is 4.30. The number of aromatic nitrogens is 4. The molecule has 0 unspecified atom stereocenters. The molecule has 126 valence electrons. The van der Waals surface area contributed by atoms with Gasteiger partial charge in [-0.2, -0.15) is 10.2 Å². The van der Waals surface area contributed by atoms with Crippen LogP contribution in [0.25, 0.3) is 0 Å². The predicted octanol–water partition coefficient (Wildman–Crippen LogP) is 1.43. The smallest absolute Gasteiger partial charge is 0.255 e. The predicted molar refractivity (Wildman–Crippen MR) is 90.7 cm³/mol. The standard InChI is InChI=1S/C17H22N6O/c1-22(2)16-15(18-7-8-19-16)10-13-4-3-9-23(12-13)17(24)14-5-6-20-21-11-14/h5-8,11,13H,3-4,9-10,12H2,1-2H3/t13-/m0/s1. The quantitative estimate of drug-likeness (QED) is 0.846. The third-order valence-corrected chi connectivity index (χ3v) is 4.30. The Kier molecular flexibility index (Phi) is 4.98. The Balaban J connectivity index is 1.69. The van der Waals surface area contributed by atoms with Gasteiger partial charge in [-0.3, -0.25) is 9.78 Å². The summed E-state index contributed by atoms with van der Waals surface area (Å²) < 4.78 is 0. The Morgan fingerprint density at radius 2 is 2.08 bits per heavy atom. The molecule has 0 spiro atoms. The molecule has 7 heteroatoms. The van der Waals surface area contributed by atoms with Gasteiger partial charge in [0, 0.05) is 39.6 Å². The van der Waals surface area contributed by atoms with E-state index >= 15 is 0 Å². The van der Waals surface area contributed by atoms with Gasteiger partial charge in [0.05, 0.1) is 23.7 Å². The molecular weight excluding hydrogens is 304 g/mol. The summed E-state index contributed by atoms with van der Waals surface area (Å²) in [7, 11) is 3.95. The van der Waals surface area contributed by atoms with E-state index in [0.717, 1.165) is 43.9 Å². The molecule has 0 saturated carbocycles. The number of hydrogen-bond donors (Lipinski definition) is 0. The van der Waals surface area contributed by atoms with E-state index in [1.54, 1.807) is 24.7 Å². The average Bonchev–Trinajstić information content (AvgIpc) is 2.62. The molecule has 2 aromatic heterocycles. The van der Waals surface area contributed by atoms with E-state index in [9.17, 15) is 4.79 Å². The van der Waals surface area contributed by atoms with Gasteiger partial charge in [-0.15, -0.1) is 0 Å². The van der Waals surface area contributed by atoms with E-state index < -0.39 is 0 Å². The molecule has 3 rings (SSSR count). The van der Waals surface area contributed by atoms with Crippen molar-refractivity contribution in [2.75, 3.05) is 32.1 Å². The number of amides is 1. The number of carbonyl (C=O) groups is 1. The molecule has 3 heterocycles. The lowest BCUT2D eigenvalue weighted by Crippen LogP contribution is -2.40. The van der Waals surface area contributed by atoms with E-state index in [2.05, 4.69) is 20.2 Å². The normalized spacial score (nSPS) is 17.6. The van der Waals surface area contributed by atoms with Gasteiger partial charge >= 0.3 is 0 Å². The van der Waals surface area contributed by atoms with Crippen LogP contribution < -0.4 is 4.90 Å². The van der Waals surface area contributed by atoms with Gasteiger partial charge in [-0.1, -0.05) is 0 Å². The number of anilines is 1. The molecule has 0 aliphatic carbocycles. The summed E-state index contributed by atoms with van der Waals surface area (Å²) in [4.78, 5) is 25.4. The van der Waals surface area contributed by atoms with Crippen LogP contribution in [-0.4, -0.2) is 58.2 Å². The van der Waals surface area contributed by atoms with Gasteiger partial charge in [0.2, 0.25) is 0 Å². The highest BCUT2D eigenvalue weighted by atomic mass is 16.2. The zero-order valence-electron chi connectivity index (χ0n) is 14.1. The van der Waals surface area contributed by atoms with Crippen molar-refractivity contribution >= 4 is 11.7 Å². The minimum Gasteiger partial charge on any atom is -0.361 e. The fourth-order valence-electron chi connectivity index (χ4n) is 3.17. The van der Waals surface area contributed by atoms with Crippen LogP contribution in [0, 0.1) is 5.92 Å². The van der Waals surface area contributed by atoms with Gasteiger partial charge < -0.3 is 9.80 Å². The van der Waals surface area contributed by atoms with Gasteiger partial charge in [0.1, 0.15) is 5.82 Å². The van der Waals surface area contributed by atoms with E-state index in [1.807, 2.05) is 23.9 Å². The Morgan fingerprint density at radius 1 is 1.25 bits per heavy atom. The fourth-order valence-corrected chi connectivity index (χ4v) is 3.17. The van der Waals surface area contributed by atoms with Crippen molar-refractivity contribution in [3.63, 3.8) is 0 Å². The number of carbonyl (C=O) groups excluding carboxylic acids is 1. The highest BCUT2D eigenvalue weighted by Crippen LogP contribution is 2.24. The number of piperidine rings is 1. The molecule has 1 aliphatic rings. The zero-order chi connectivity index (χ0) is 16.9. The summed E-state index contributed by atoms with van der Waals surface area (Å²) in [6.07, 6.45) is 9.47. The van der Waals surface area contributed by atoms with E-state index in [0.29, 0.717) is 11.5 Å². The summed E-state index contributed by atoms with van der Waals surface area (Å²) >= 11 is 0. The molecule has 0 N–H and O–H groups in total. The lowest BCUT2D eigenvalue weighted by molar-refractivity contribution is 0.0672. The zero-order valence-corrected chi connectivity index (χ0v) is 14.1. The number of nitrogens with zero attached hydrogens (tertiary/aromatic N) is 6. The van der Waals surface area contributed by atoms with Gasteiger partial charge in [-0.05, 0) is 31.2 Å². The highest BCUT2D eigenvalue weighted by molar-refractivity contribution is 5.93. The summed E-state index contributed by atoms with van der Waals surface area (Å²) in [5.41, 5.74) is 1.59. The van der Waals surface area contributed by atoms with Gasteiger partial charge in [-0.25, -0.2) is 4.98 Å². The summed E-state index contributed by atoms with van der Waals surface area (Å²) in [5, 5.41) is 7.53. The summed E-state index contributed by atoms with van der Waals surface area (Å²) in [5.74, 6) is 1.33. The molecule has 1 fully saturated rings. The number of rotatable bonds is 4. The number of likely N-dealkylation sites (tertiary alicyclic amines) is 1. The molecular formula is C17H22N6O. The first-order valence-corrected chi connectivity index (χ1v) is 8.18. The lowest BCUT2D eigenvalue weighted by atomic mass is 9.92. The van der Waals surface area contributed by atoms with Gasteiger partial charge in [0.25, 0.3) is 5.91 Å². The van der Waals surface area contributed by atoms with Crippen molar-refractivity contribution in [3.8, 4) is 0 Å². The van der Waals surface area contributed by atoms with Crippen LogP contribution in [0.1, 0.15) is 28.9 Å². The Labute approximate surface area is 141 Å². The second kappa shape index (κ2) is 7.33. The first kappa shape index (κ1) is 16.3. The van der Waals surface area contributed by atoms with Crippen molar-refractivity contribution in [3.05, 3.63) is 42.1 Å². The second-order valence-corrected chi connectivity index (χ2v) is 6.32. The van der Waals surface area contributed by atoms with Crippen molar-refractivity contribution < 1.29 is 4.79 Å². The highest BCUT2D eigenvalue weighted by Gasteiger charge is 2.26. The molecule has 0 bridgehead atoms. The van der Waals surface area contributed by atoms with Crippen molar-refractivity contribution in [1.82, 2.24) is 25.1 Å². The maximum atomic E-state index is 12.6. The Bertz CT molecular complexity index is 690. The molecule has 0 aromatic carbocycles. The van der Waals surface area contributed by atoms with Crippen LogP contribution in [0.4, 0.5) is 5.82 Å². The maximum absolute atomic E-state index is 12.6. The van der Waals surface area contributed by atoms with E-state index in [4.69, 9.17) is 0 Å². The van der Waals surface area contributed by atoms with Crippen LogP contribution in [0.15, 0.2) is 30.9 Å². The van der Waals surface area contributed by atoms with Gasteiger partial charge in [0.15, 0.2) is 0 Å².